The first-order chi connectivity index (χ1) is 6.69. The summed E-state index contributed by atoms with van der Waals surface area (Å²) in [6.45, 7) is 7.41. The lowest BCUT2D eigenvalue weighted by molar-refractivity contribution is 0.484. The molecular weight excluding hydrogens is 218 g/mol. The van der Waals surface area contributed by atoms with Crippen LogP contribution in [0.15, 0.2) is 5.16 Å². The van der Waals surface area contributed by atoms with Gasteiger partial charge in [0, 0.05) is 6.54 Å². The lowest BCUT2D eigenvalue weighted by Gasteiger charge is -2.10. The van der Waals surface area contributed by atoms with Gasteiger partial charge in [0.05, 0.1) is 5.88 Å². The van der Waals surface area contributed by atoms with Crippen LogP contribution >= 0.6 is 23.4 Å². The summed E-state index contributed by atoms with van der Waals surface area (Å²) in [4.78, 5) is 0. The average Bonchev–Trinajstić information content (AvgIpc) is 2.48. The van der Waals surface area contributed by atoms with Crippen LogP contribution in [0.1, 0.15) is 26.6 Å². The van der Waals surface area contributed by atoms with Gasteiger partial charge in [0.1, 0.15) is 5.82 Å². The first kappa shape index (κ1) is 11.9. The maximum Gasteiger partial charge on any atom is 0.191 e. The van der Waals surface area contributed by atoms with Crippen LogP contribution in [0.5, 0.6) is 0 Å². The molecule has 1 aromatic heterocycles. The minimum absolute atomic E-state index is 0.435. The van der Waals surface area contributed by atoms with Crippen molar-refractivity contribution in [2.75, 3.05) is 5.75 Å². The Morgan fingerprint density at radius 2 is 2.14 bits per heavy atom. The fourth-order valence-electron chi connectivity index (χ4n) is 1.20. The highest BCUT2D eigenvalue weighted by atomic mass is 35.5. The summed E-state index contributed by atoms with van der Waals surface area (Å²) in [6.07, 6.45) is 0. The van der Waals surface area contributed by atoms with E-state index in [4.69, 9.17) is 11.6 Å². The molecule has 1 aromatic rings. The van der Waals surface area contributed by atoms with Gasteiger partial charge in [-0.05, 0) is 11.7 Å². The van der Waals surface area contributed by atoms with E-state index in [9.17, 15) is 0 Å². The number of hydrogen-bond acceptors (Lipinski definition) is 3. The highest BCUT2D eigenvalue weighted by Crippen LogP contribution is 2.18. The molecule has 0 amide bonds. The van der Waals surface area contributed by atoms with Gasteiger partial charge in [-0.2, -0.15) is 0 Å². The molecule has 1 rings (SSSR count). The number of thioether (sulfide) groups is 1. The second-order valence-electron chi connectivity index (χ2n) is 3.47. The number of rotatable bonds is 5. The molecular formula is C9H16ClN3S. The second kappa shape index (κ2) is 5.61. The average molecular weight is 234 g/mol. The molecule has 0 saturated heterocycles. The first-order valence-corrected chi connectivity index (χ1v) is 6.31. The molecule has 0 radical (unpaired) electrons. The molecule has 0 aliphatic carbocycles. The predicted molar refractivity (Wildman–Crippen MR) is 60.8 cm³/mol. The molecule has 3 nitrogen and oxygen atoms in total. The van der Waals surface area contributed by atoms with E-state index in [1.807, 2.05) is 0 Å². The number of aromatic nitrogens is 3. The van der Waals surface area contributed by atoms with Gasteiger partial charge in [-0.1, -0.05) is 32.5 Å². The van der Waals surface area contributed by atoms with E-state index in [1.54, 1.807) is 11.8 Å². The summed E-state index contributed by atoms with van der Waals surface area (Å²) in [5.74, 6) is 2.91. The summed E-state index contributed by atoms with van der Waals surface area (Å²) in [5, 5.41) is 9.17. The third-order valence-corrected chi connectivity index (χ3v) is 2.82. The largest absolute Gasteiger partial charge is 0.305 e. The van der Waals surface area contributed by atoms with Crippen LogP contribution in [0, 0.1) is 5.92 Å². The maximum atomic E-state index is 5.80. The molecule has 0 fully saturated rings. The van der Waals surface area contributed by atoms with Crippen LogP contribution in [-0.2, 0) is 12.4 Å². The summed E-state index contributed by atoms with van der Waals surface area (Å²) in [5.41, 5.74) is 0. The molecule has 1 heterocycles. The zero-order chi connectivity index (χ0) is 10.6. The smallest absolute Gasteiger partial charge is 0.191 e. The molecule has 0 atom stereocenters. The molecule has 0 bridgehead atoms. The molecule has 5 heteroatoms. The Kier molecular flexibility index (Phi) is 4.75. The minimum Gasteiger partial charge on any atom is -0.305 e. The van der Waals surface area contributed by atoms with Crippen LogP contribution in [-0.4, -0.2) is 20.5 Å². The standard InChI is InChI=1S/C9H16ClN3S/c1-4-14-9-12-11-8(5-10)13(9)6-7(2)3/h7H,4-6H2,1-3H3. The lowest BCUT2D eigenvalue weighted by Crippen LogP contribution is -2.09. The summed E-state index contributed by atoms with van der Waals surface area (Å²) < 4.78 is 2.12. The van der Waals surface area contributed by atoms with Crippen molar-refractivity contribution in [3.05, 3.63) is 5.82 Å². The van der Waals surface area contributed by atoms with E-state index >= 15 is 0 Å². The third-order valence-electron chi connectivity index (χ3n) is 1.73. The van der Waals surface area contributed by atoms with Crippen molar-refractivity contribution in [3.63, 3.8) is 0 Å². The number of alkyl halides is 1. The Bertz CT molecular complexity index is 286. The Balaban J connectivity index is 2.87. The SMILES string of the molecule is CCSc1nnc(CCl)n1CC(C)C. The Morgan fingerprint density at radius 3 is 2.64 bits per heavy atom. The summed E-state index contributed by atoms with van der Waals surface area (Å²) in [7, 11) is 0. The van der Waals surface area contributed by atoms with Crippen molar-refractivity contribution in [1.29, 1.82) is 0 Å². The number of nitrogens with zero attached hydrogens (tertiary/aromatic N) is 3. The fourth-order valence-corrected chi connectivity index (χ4v) is 2.09. The topological polar surface area (TPSA) is 30.7 Å². The first-order valence-electron chi connectivity index (χ1n) is 4.79. The zero-order valence-corrected chi connectivity index (χ0v) is 10.4. The van der Waals surface area contributed by atoms with Crippen LogP contribution in [0.3, 0.4) is 0 Å². The minimum atomic E-state index is 0.435. The van der Waals surface area contributed by atoms with Crippen molar-refractivity contribution >= 4 is 23.4 Å². The van der Waals surface area contributed by atoms with E-state index in [0.717, 1.165) is 23.3 Å². The quantitative estimate of drug-likeness (QED) is 0.579. The van der Waals surface area contributed by atoms with Gasteiger partial charge in [0.25, 0.3) is 0 Å². The van der Waals surface area contributed by atoms with Crippen LogP contribution < -0.4 is 0 Å². The van der Waals surface area contributed by atoms with Gasteiger partial charge in [-0.25, -0.2) is 0 Å². The van der Waals surface area contributed by atoms with E-state index in [1.165, 1.54) is 0 Å². The monoisotopic (exact) mass is 233 g/mol. The van der Waals surface area contributed by atoms with Crippen LogP contribution in [0.25, 0.3) is 0 Å². The van der Waals surface area contributed by atoms with Crippen molar-refractivity contribution < 1.29 is 0 Å². The molecule has 0 aliphatic rings. The van der Waals surface area contributed by atoms with E-state index in [-0.39, 0.29) is 0 Å². The zero-order valence-electron chi connectivity index (χ0n) is 8.83. The van der Waals surface area contributed by atoms with Gasteiger partial charge < -0.3 is 4.57 Å². The van der Waals surface area contributed by atoms with Gasteiger partial charge in [-0.15, -0.1) is 21.8 Å². The Morgan fingerprint density at radius 1 is 1.43 bits per heavy atom. The molecule has 0 N–H and O–H groups in total. The van der Waals surface area contributed by atoms with Crippen molar-refractivity contribution in [3.8, 4) is 0 Å². The molecule has 80 valence electrons. The number of halogens is 1. The molecule has 14 heavy (non-hydrogen) atoms. The van der Waals surface area contributed by atoms with E-state index in [2.05, 4.69) is 35.5 Å². The van der Waals surface area contributed by atoms with Crippen LogP contribution in [0.4, 0.5) is 0 Å². The highest BCUT2D eigenvalue weighted by Gasteiger charge is 2.11. The Hall–Kier alpha value is -0.220. The summed E-state index contributed by atoms with van der Waals surface area (Å²) in [6, 6.07) is 0. The van der Waals surface area contributed by atoms with Gasteiger partial charge in [0.15, 0.2) is 5.16 Å². The lowest BCUT2D eigenvalue weighted by atomic mass is 10.2. The normalized spacial score (nSPS) is 11.2. The second-order valence-corrected chi connectivity index (χ2v) is 4.97. The fraction of sp³-hybridized carbons (Fsp3) is 0.778. The highest BCUT2D eigenvalue weighted by molar-refractivity contribution is 7.99. The summed E-state index contributed by atoms with van der Waals surface area (Å²) >= 11 is 7.51. The van der Waals surface area contributed by atoms with E-state index < -0.39 is 0 Å². The Labute approximate surface area is 94.2 Å². The van der Waals surface area contributed by atoms with Crippen LogP contribution in [0.2, 0.25) is 0 Å². The molecule has 0 aromatic carbocycles. The van der Waals surface area contributed by atoms with E-state index in [0.29, 0.717) is 11.8 Å². The molecule has 0 aliphatic heterocycles. The predicted octanol–water partition coefficient (Wildman–Crippen LogP) is 2.78. The van der Waals surface area contributed by atoms with Gasteiger partial charge >= 0.3 is 0 Å². The maximum absolute atomic E-state index is 5.80. The molecule has 0 saturated carbocycles. The van der Waals surface area contributed by atoms with Crippen molar-refractivity contribution in [2.24, 2.45) is 5.92 Å². The van der Waals surface area contributed by atoms with Crippen molar-refractivity contribution in [1.82, 2.24) is 14.8 Å². The third kappa shape index (κ3) is 2.89. The number of hydrogen-bond donors (Lipinski definition) is 0. The van der Waals surface area contributed by atoms with Gasteiger partial charge in [0.2, 0.25) is 0 Å². The molecule has 0 unspecified atom stereocenters. The van der Waals surface area contributed by atoms with Crippen molar-refractivity contribution in [2.45, 2.75) is 38.4 Å². The van der Waals surface area contributed by atoms with Gasteiger partial charge in [-0.3, -0.25) is 0 Å². The molecule has 0 spiro atoms.